The van der Waals surface area contributed by atoms with Crippen molar-refractivity contribution in [2.24, 2.45) is 0 Å². The van der Waals surface area contributed by atoms with Crippen molar-refractivity contribution in [2.75, 3.05) is 39.4 Å². The van der Waals surface area contributed by atoms with Gasteiger partial charge in [-0.15, -0.1) is 0 Å². The number of nitrogens with zero attached hydrogens (tertiary/aromatic N) is 1. The number of morpholine rings is 1. The summed E-state index contributed by atoms with van der Waals surface area (Å²) in [5.41, 5.74) is 0.572. The Labute approximate surface area is 135 Å². The molecule has 5 nitrogen and oxygen atoms in total. The fourth-order valence-electron chi connectivity index (χ4n) is 2.16. The Morgan fingerprint density at radius 1 is 1.24 bits per heavy atom. The molecule has 118 valence electrons. The van der Waals surface area contributed by atoms with E-state index in [4.69, 9.17) is 27.9 Å². The fraction of sp³-hybridized carbons (Fsp3) is 0.538. The van der Waals surface area contributed by atoms with Crippen molar-refractivity contribution in [1.82, 2.24) is 9.62 Å². The molecule has 0 amide bonds. The van der Waals surface area contributed by atoms with Crippen molar-refractivity contribution in [3.05, 3.63) is 27.7 Å². The molecule has 0 aliphatic carbocycles. The highest BCUT2D eigenvalue weighted by Crippen LogP contribution is 2.27. The van der Waals surface area contributed by atoms with E-state index in [1.54, 1.807) is 13.0 Å². The fourth-order valence-corrected chi connectivity index (χ4v) is 3.88. The second-order valence-corrected chi connectivity index (χ2v) is 7.43. The zero-order valence-electron chi connectivity index (χ0n) is 11.7. The molecule has 1 N–H and O–H groups in total. The molecule has 8 heteroatoms. The summed E-state index contributed by atoms with van der Waals surface area (Å²) >= 11 is 11.8. The smallest absolute Gasteiger partial charge is 0.240 e. The molecule has 1 fully saturated rings. The summed E-state index contributed by atoms with van der Waals surface area (Å²) in [6.07, 6.45) is 0. The molecule has 0 spiro atoms. The van der Waals surface area contributed by atoms with E-state index in [0.29, 0.717) is 36.9 Å². The van der Waals surface area contributed by atoms with Crippen LogP contribution in [0.15, 0.2) is 17.0 Å². The normalized spacial score (nSPS) is 17.1. The number of ether oxygens (including phenoxy) is 1. The van der Waals surface area contributed by atoms with Crippen LogP contribution < -0.4 is 4.72 Å². The third-order valence-electron chi connectivity index (χ3n) is 3.33. The first kappa shape index (κ1) is 17.0. The second-order valence-electron chi connectivity index (χ2n) is 4.88. The van der Waals surface area contributed by atoms with Gasteiger partial charge < -0.3 is 4.74 Å². The van der Waals surface area contributed by atoms with Crippen LogP contribution >= 0.6 is 23.2 Å². The molecule has 0 saturated carbocycles. The first-order valence-corrected chi connectivity index (χ1v) is 8.89. The average molecular weight is 353 g/mol. The van der Waals surface area contributed by atoms with E-state index in [2.05, 4.69) is 9.62 Å². The van der Waals surface area contributed by atoms with Crippen molar-refractivity contribution in [3.8, 4) is 0 Å². The van der Waals surface area contributed by atoms with Gasteiger partial charge in [-0.2, -0.15) is 0 Å². The number of aryl methyl sites for hydroxylation is 1. The van der Waals surface area contributed by atoms with Gasteiger partial charge in [-0.05, 0) is 24.6 Å². The van der Waals surface area contributed by atoms with Crippen molar-refractivity contribution in [2.45, 2.75) is 11.8 Å². The third-order valence-corrected chi connectivity index (χ3v) is 5.66. The highest BCUT2D eigenvalue weighted by atomic mass is 35.5. The molecule has 1 aliphatic rings. The van der Waals surface area contributed by atoms with Crippen LogP contribution in [0.25, 0.3) is 0 Å². The van der Waals surface area contributed by atoms with Crippen LogP contribution in [0.2, 0.25) is 10.0 Å². The molecule has 0 unspecified atom stereocenters. The first-order valence-electron chi connectivity index (χ1n) is 6.65. The maximum Gasteiger partial charge on any atom is 0.240 e. The quantitative estimate of drug-likeness (QED) is 0.879. The van der Waals surface area contributed by atoms with E-state index in [1.165, 1.54) is 6.07 Å². The minimum absolute atomic E-state index is 0.166. The van der Waals surface area contributed by atoms with Crippen LogP contribution in [0, 0.1) is 6.92 Å². The van der Waals surface area contributed by atoms with Crippen molar-refractivity contribution in [1.29, 1.82) is 0 Å². The Morgan fingerprint density at radius 3 is 2.52 bits per heavy atom. The van der Waals surface area contributed by atoms with Gasteiger partial charge in [-0.25, -0.2) is 13.1 Å². The van der Waals surface area contributed by atoms with Crippen LogP contribution in [0.3, 0.4) is 0 Å². The molecule has 2 rings (SSSR count). The molecule has 0 atom stereocenters. The molecule has 1 saturated heterocycles. The molecule has 1 aromatic carbocycles. The van der Waals surface area contributed by atoms with Crippen LogP contribution in [0.5, 0.6) is 0 Å². The average Bonchev–Trinajstić information content (AvgIpc) is 2.43. The summed E-state index contributed by atoms with van der Waals surface area (Å²) in [4.78, 5) is 2.33. The van der Waals surface area contributed by atoms with E-state index in [1.807, 2.05) is 0 Å². The first-order chi connectivity index (χ1) is 9.90. The number of hydrogen-bond acceptors (Lipinski definition) is 4. The lowest BCUT2D eigenvalue weighted by Crippen LogP contribution is -2.41. The minimum atomic E-state index is -3.58. The maximum absolute atomic E-state index is 12.3. The van der Waals surface area contributed by atoms with Gasteiger partial charge in [0.05, 0.1) is 28.2 Å². The molecule has 0 bridgehead atoms. The lowest BCUT2D eigenvalue weighted by molar-refractivity contribution is 0.0390. The Morgan fingerprint density at radius 2 is 1.86 bits per heavy atom. The molecule has 0 radical (unpaired) electrons. The molecule has 1 aliphatic heterocycles. The molecule has 21 heavy (non-hydrogen) atoms. The number of nitrogens with one attached hydrogen (secondary N) is 1. The summed E-state index contributed by atoms with van der Waals surface area (Å²) in [5, 5.41) is 0.581. The molecule has 1 aromatic rings. The van der Waals surface area contributed by atoms with E-state index in [9.17, 15) is 8.42 Å². The predicted octanol–water partition coefficient (Wildman–Crippen LogP) is 1.91. The molecule has 1 heterocycles. The number of benzene rings is 1. The van der Waals surface area contributed by atoms with Crippen LogP contribution in [-0.2, 0) is 14.8 Å². The lowest BCUT2D eigenvalue weighted by atomic mass is 10.2. The van der Waals surface area contributed by atoms with Crippen molar-refractivity contribution >= 4 is 33.2 Å². The SMILES string of the molecule is Cc1cc(Cl)c(Cl)cc1S(=O)(=O)NCCN1CCOCC1. The number of sulfonamides is 1. The molecular formula is C13H18Cl2N2O3S. The second kappa shape index (κ2) is 7.26. The summed E-state index contributed by atoms with van der Waals surface area (Å²) in [6, 6.07) is 2.94. The molecular weight excluding hydrogens is 335 g/mol. The maximum atomic E-state index is 12.3. The van der Waals surface area contributed by atoms with Crippen LogP contribution in [0.4, 0.5) is 0 Å². The Balaban J connectivity index is 1.99. The van der Waals surface area contributed by atoms with E-state index >= 15 is 0 Å². The molecule has 0 aromatic heterocycles. The van der Waals surface area contributed by atoms with Gasteiger partial charge in [0.1, 0.15) is 0 Å². The zero-order valence-corrected chi connectivity index (χ0v) is 14.1. The monoisotopic (exact) mass is 352 g/mol. The van der Waals surface area contributed by atoms with Gasteiger partial charge in [-0.3, -0.25) is 4.90 Å². The largest absolute Gasteiger partial charge is 0.379 e. The van der Waals surface area contributed by atoms with Gasteiger partial charge in [0.15, 0.2) is 0 Å². The van der Waals surface area contributed by atoms with Crippen LogP contribution in [-0.4, -0.2) is 52.7 Å². The third kappa shape index (κ3) is 4.55. The zero-order chi connectivity index (χ0) is 15.5. The van der Waals surface area contributed by atoms with Gasteiger partial charge >= 0.3 is 0 Å². The Kier molecular flexibility index (Phi) is 5.88. The Hall–Kier alpha value is -0.370. The topological polar surface area (TPSA) is 58.6 Å². The van der Waals surface area contributed by atoms with E-state index in [0.717, 1.165) is 13.1 Å². The highest BCUT2D eigenvalue weighted by molar-refractivity contribution is 7.89. The van der Waals surface area contributed by atoms with Gasteiger partial charge in [0, 0.05) is 26.2 Å². The summed E-state index contributed by atoms with van der Waals surface area (Å²) in [7, 11) is -3.58. The van der Waals surface area contributed by atoms with Crippen molar-refractivity contribution in [3.63, 3.8) is 0 Å². The number of hydrogen-bond donors (Lipinski definition) is 1. The Bertz CT molecular complexity index is 602. The van der Waals surface area contributed by atoms with Crippen LogP contribution in [0.1, 0.15) is 5.56 Å². The number of rotatable bonds is 5. The standard InChI is InChI=1S/C13H18Cl2N2O3S/c1-10-8-11(14)12(15)9-13(10)21(18,19)16-2-3-17-4-6-20-7-5-17/h8-9,16H,2-7H2,1H3. The van der Waals surface area contributed by atoms with Gasteiger partial charge in [0.2, 0.25) is 10.0 Å². The minimum Gasteiger partial charge on any atom is -0.379 e. The summed E-state index contributed by atoms with van der Waals surface area (Å²) in [5.74, 6) is 0. The van der Waals surface area contributed by atoms with E-state index < -0.39 is 10.0 Å². The highest BCUT2D eigenvalue weighted by Gasteiger charge is 2.19. The van der Waals surface area contributed by atoms with Crippen molar-refractivity contribution < 1.29 is 13.2 Å². The summed E-state index contributed by atoms with van der Waals surface area (Å²) < 4.78 is 32.5. The lowest BCUT2D eigenvalue weighted by Gasteiger charge is -2.26. The van der Waals surface area contributed by atoms with Gasteiger partial charge in [-0.1, -0.05) is 23.2 Å². The number of halogens is 2. The summed E-state index contributed by atoms with van der Waals surface area (Å²) in [6.45, 7) is 5.74. The van der Waals surface area contributed by atoms with E-state index in [-0.39, 0.29) is 9.92 Å². The predicted molar refractivity (Wildman–Crippen MR) is 83.6 cm³/mol. The van der Waals surface area contributed by atoms with Gasteiger partial charge in [0.25, 0.3) is 0 Å².